The Hall–Kier alpha value is -1.26. The summed E-state index contributed by atoms with van der Waals surface area (Å²) >= 11 is 6.05. The average Bonchev–Trinajstić information content (AvgIpc) is 2.27. The van der Waals surface area contributed by atoms with E-state index in [-0.39, 0.29) is 23.2 Å². The van der Waals surface area contributed by atoms with Crippen LogP contribution in [-0.2, 0) is 0 Å². The maximum absolute atomic E-state index is 12.2. The molecule has 0 unspecified atom stereocenters. The van der Waals surface area contributed by atoms with Crippen LogP contribution in [0.3, 0.4) is 0 Å². The van der Waals surface area contributed by atoms with Crippen LogP contribution >= 0.6 is 11.6 Å². The van der Waals surface area contributed by atoms with Crippen LogP contribution in [-0.4, -0.2) is 23.2 Å². The monoisotopic (exact) mass is 309 g/mol. The SMILES string of the molecule is CC1(C)CC(NC(=O)Nc2ccccc2Cl)CC(C)(C)N1. The van der Waals surface area contributed by atoms with E-state index in [1.807, 2.05) is 12.1 Å². The molecule has 0 radical (unpaired) electrons. The molecule has 0 aromatic heterocycles. The molecule has 1 fully saturated rings. The Morgan fingerprint density at radius 1 is 1.19 bits per heavy atom. The molecule has 0 atom stereocenters. The van der Waals surface area contributed by atoms with Crippen LogP contribution in [0.2, 0.25) is 5.02 Å². The van der Waals surface area contributed by atoms with Crippen LogP contribution in [0.5, 0.6) is 0 Å². The van der Waals surface area contributed by atoms with E-state index in [0.717, 1.165) is 12.8 Å². The van der Waals surface area contributed by atoms with E-state index in [4.69, 9.17) is 11.6 Å². The van der Waals surface area contributed by atoms with Crippen LogP contribution in [0.15, 0.2) is 24.3 Å². The molecule has 0 saturated carbocycles. The molecule has 0 spiro atoms. The van der Waals surface area contributed by atoms with Crippen molar-refractivity contribution in [3.05, 3.63) is 29.3 Å². The van der Waals surface area contributed by atoms with E-state index in [1.54, 1.807) is 12.1 Å². The van der Waals surface area contributed by atoms with Crippen molar-refractivity contribution in [2.75, 3.05) is 5.32 Å². The lowest BCUT2D eigenvalue weighted by Gasteiger charge is -2.46. The zero-order valence-corrected chi connectivity index (χ0v) is 13.8. The number of anilines is 1. The lowest BCUT2D eigenvalue weighted by Crippen LogP contribution is -2.62. The molecule has 1 aromatic rings. The van der Waals surface area contributed by atoms with Gasteiger partial charge in [0.15, 0.2) is 0 Å². The highest BCUT2D eigenvalue weighted by atomic mass is 35.5. The minimum Gasteiger partial charge on any atom is -0.335 e. The maximum atomic E-state index is 12.2. The van der Waals surface area contributed by atoms with Gasteiger partial charge in [-0.1, -0.05) is 23.7 Å². The molecule has 5 heteroatoms. The Labute approximate surface area is 131 Å². The molecule has 4 nitrogen and oxygen atoms in total. The summed E-state index contributed by atoms with van der Waals surface area (Å²) in [5, 5.41) is 10.0. The first-order chi connectivity index (χ1) is 9.67. The number of halogens is 1. The van der Waals surface area contributed by atoms with E-state index in [9.17, 15) is 4.79 Å². The van der Waals surface area contributed by atoms with E-state index < -0.39 is 0 Å². The Balaban J connectivity index is 1.98. The lowest BCUT2D eigenvalue weighted by molar-refractivity contribution is 0.149. The first kappa shape index (κ1) is 16.1. The highest BCUT2D eigenvalue weighted by Gasteiger charge is 2.38. The van der Waals surface area contributed by atoms with E-state index in [0.29, 0.717) is 10.7 Å². The van der Waals surface area contributed by atoms with Gasteiger partial charge >= 0.3 is 6.03 Å². The molecule has 1 aliphatic heterocycles. The maximum Gasteiger partial charge on any atom is 0.319 e. The van der Waals surface area contributed by atoms with Crippen molar-refractivity contribution in [1.82, 2.24) is 10.6 Å². The van der Waals surface area contributed by atoms with Crippen molar-refractivity contribution in [1.29, 1.82) is 0 Å². The number of carbonyl (C=O) groups excluding carboxylic acids is 1. The number of rotatable bonds is 2. The van der Waals surface area contributed by atoms with Crippen LogP contribution in [0.1, 0.15) is 40.5 Å². The van der Waals surface area contributed by atoms with E-state index >= 15 is 0 Å². The number of urea groups is 1. The number of hydrogen-bond acceptors (Lipinski definition) is 2. The number of para-hydroxylation sites is 1. The van der Waals surface area contributed by atoms with Gasteiger partial charge in [-0.05, 0) is 52.7 Å². The number of piperidine rings is 1. The third kappa shape index (κ3) is 4.61. The summed E-state index contributed by atoms with van der Waals surface area (Å²) < 4.78 is 0. The van der Waals surface area contributed by atoms with Crippen LogP contribution in [0.4, 0.5) is 10.5 Å². The molecule has 3 N–H and O–H groups in total. The third-order valence-electron chi connectivity index (χ3n) is 3.65. The van der Waals surface area contributed by atoms with Gasteiger partial charge in [0.05, 0.1) is 10.7 Å². The Morgan fingerprint density at radius 2 is 1.76 bits per heavy atom. The smallest absolute Gasteiger partial charge is 0.319 e. The predicted octanol–water partition coefficient (Wildman–Crippen LogP) is 3.77. The molecular weight excluding hydrogens is 286 g/mol. The molecule has 116 valence electrons. The van der Waals surface area contributed by atoms with Crippen molar-refractivity contribution in [3.8, 4) is 0 Å². The number of hydrogen-bond donors (Lipinski definition) is 3. The summed E-state index contributed by atoms with van der Waals surface area (Å²) in [6.45, 7) is 8.65. The van der Waals surface area contributed by atoms with Crippen LogP contribution in [0.25, 0.3) is 0 Å². The fourth-order valence-corrected chi connectivity index (χ4v) is 3.51. The number of carbonyl (C=O) groups is 1. The van der Waals surface area contributed by atoms with Crippen LogP contribution in [0, 0.1) is 0 Å². The Bertz CT molecular complexity index is 512. The van der Waals surface area contributed by atoms with Gasteiger partial charge in [-0.25, -0.2) is 4.79 Å². The summed E-state index contributed by atoms with van der Waals surface area (Å²) in [6, 6.07) is 7.16. The van der Waals surface area contributed by atoms with Gasteiger partial charge in [0.1, 0.15) is 0 Å². The van der Waals surface area contributed by atoms with Crippen molar-refractivity contribution in [3.63, 3.8) is 0 Å². The zero-order chi connectivity index (χ0) is 15.7. The molecule has 21 heavy (non-hydrogen) atoms. The first-order valence-electron chi connectivity index (χ1n) is 7.28. The van der Waals surface area contributed by atoms with E-state index in [2.05, 4.69) is 43.6 Å². The van der Waals surface area contributed by atoms with Crippen molar-refractivity contribution >= 4 is 23.3 Å². The summed E-state index contributed by atoms with van der Waals surface area (Å²) in [6.07, 6.45) is 1.79. The van der Waals surface area contributed by atoms with Crippen molar-refractivity contribution in [2.45, 2.75) is 57.7 Å². The molecule has 1 saturated heterocycles. The molecule has 0 bridgehead atoms. The predicted molar refractivity (Wildman–Crippen MR) is 87.9 cm³/mol. The number of nitrogens with one attached hydrogen (secondary N) is 3. The minimum atomic E-state index is -0.207. The fraction of sp³-hybridized carbons (Fsp3) is 0.562. The Morgan fingerprint density at radius 3 is 2.33 bits per heavy atom. The van der Waals surface area contributed by atoms with Crippen LogP contribution < -0.4 is 16.0 Å². The number of benzene rings is 1. The molecular formula is C16H24ClN3O. The van der Waals surface area contributed by atoms with Gasteiger partial charge in [-0.2, -0.15) is 0 Å². The third-order valence-corrected chi connectivity index (χ3v) is 3.98. The summed E-state index contributed by atoms with van der Waals surface area (Å²) in [5.41, 5.74) is 0.637. The normalized spacial score (nSPS) is 20.8. The highest BCUT2D eigenvalue weighted by Crippen LogP contribution is 2.28. The standard InChI is InChI=1S/C16H24ClN3O/c1-15(2)9-11(10-16(3,4)20-15)18-14(21)19-13-8-6-5-7-12(13)17/h5-8,11,20H,9-10H2,1-4H3,(H2,18,19,21). The molecule has 1 aliphatic rings. The molecule has 2 amide bonds. The molecule has 1 heterocycles. The van der Waals surface area contributed by atoms with Gasteiger partial charge in [-0.15, -0.1) is 0 Å². The lowest BCUT2D eigenvalue weighted by atomic mass is 9.80. The minimum absolute atomic E-state index is 0.00406. The number of amides is 2. The van der Waals surface area contributed by atoms with E-state index in [1.165, 1.54) is 0 Å². The second-order valence-electron chi connectivity index (χ2n) is 7.08. The fourth-order valence-electron chi connectivity index (χ4n) is 3.33. The van der Waals surface area contributed by atoms with Gasteiger partial charge < -0.3 is 16.0 Å². The zero-order valence-electron chi connectivity index (χ0n) is 13.1. The topological polar surface area (TPSA) is 53.2 Å². The van der Waals surface area contributed by atoms with Crippen molar-refractivity contribution < 1.29 is 4.79 Å². The largest absolute Gasteiger partial charge is 0.335 e. The average molecular weight is 310 g/mol. The summed E-state index contributed by atoms with van der Waals surface area (Å²) in [5.74, 6) is 0. The van der Waals surface area contributed by atoms with Gasteiger partial charge in [-0.3, -0.25) is 0 Å². The summed E-state index contributed by atoms with van der Waals surface area (Å²) in [4.78, 5) is 12.2. The quantitative estimate of drug-likeness (QED) is 0.779. The summed E-state index contributed by atoms with van der Waals surface area (Å²) in [7, 11) is 0. The second-order valence-corrected chi connectivity index (χ2v) is 7.48. The van der Waals surface area contributed by atoms with Gasteiger partial charge in [0, 0.05) is 17.1 Å². The molecule has 1 aromatic carbocycles. The Kier molecular flexibility index (Phi) is 4.49. The van der Waals surface area contributed by atoms with Gasteiger partial charge in [0.2, 0.25) is 0 Å². The van der Waals surface area contributed by atoms with Crippen molar-refractivity contribution in [2.24, 2.45) is 0 Å². The molecule has 2 rings (SSSR count). The first-order valence-corrected chi connectivity index (χ1v) is 7.66. The second kappa shape index (κ2) is 5.85. The van der Waals surface area contributed by atoms with Gasteiger partial charge in [0.25, 0.3) is 0 Å². The highest BCUT2D eigenvalue weighted by molar-refractivity contribution is 6.33. The molecule has 0 aliphatic carbocycles.